The number of β-lactam (4-membered cyclic amide) rings is 1. The third-order valence-electron chi connectivity index (χ3n) is 6.09. The summed E-state index contributed by atoms with van der Waals surface area (Å²) in [6.07, 6.45) is 3.54. The van der Waals surface area contributed by atoms with Crippen molar-refractivity contribution in [2.75, 3.05) is 29.2 Å². The number of amides is 3. The van der Waals surface area contributed by atoms with Crippen LogP contribution in [0.25, 0.3) is 11.4 Å². The molecule has 39 heavy (non-hydrogen) atoms. The minimum absolute atomic E-state index is 0.0491. The highest BCUT2D eigenvalue weighted by Crippen LogP contribution is 2.42. The fourth-order valence-corrected chi connectivity index (χ4v) is 3.99. The van der Waals surface area contributed by atoms with Crippen molar-refractivity contribution in [1.29, 1.82) is 0 Å². The Bertz CT molecular complexity index is 1470. The minimum atomic E-state index is -2.03. The van der Waals surface area contributed by atoms with Crippen molar-refractivity contribution in [3.05, 3.63) is 30.2 Å². The van der Waals surface area contributed by atoms with E-state index in [9.17, 15) is 14.4 Å². The Balaban J connectivity index is 1.60. The predicted octanol–water partition coefficient (Wildman–Crippen LogP) is -0.0439. The molecule has 3 heterocycles. The molecule has 0 unspecified atom stereocenters. The molecule has 0 atom stereocenters. The van der Waals surface area contributed by atoms with Crippen LogP contribution in [0.3, 0.4) is 0 Å². The first-order valence-electron chi connectivity index (χ1n) is 12.1. The Labute approximate surface area is 227 Å². The van der Waals surface area contributed by atoms with Crippen molar-refractivity contribution in [2.24, 2.45) is 13.0 Å². The first kappa shape index (κ1) is 26.3. The lowest BCUT2D eigenvalue weighted by Crippen LogP contribution is -2.50. The third kappa shape index (κ3) is 5.74. The van der Waals surface area contributed by atoms with Crippen LogP contribution in [-0.4, -0.2) is 85.1 Å². The maximum atomic E-state index is 13.0. The smallest absolute Gasteiger partial charge is 0.272 e. The molecular weight excluding hydrogens is 499 g/mol. The monoisotopic (exact) mass is 521 g/mol. The largest absolute Gasteiger partial charge is 0.494 e. The van der Waals surface area contributed by atoms with Crippen molar-refractivity contribution in [3.63, 3.8) is 0 Å². The van der Waals surface area contributed by atoms with Gasteiger partial charge < -0.3 is 25.6 Å². The summed E-state index contributed by atoms with van der Waals surface area (Å²) < 4.78 is 7.25. The number of anilines is 4. The Morgan fingerprint density at radius 3 is 2.46 bits per heavy atom. The van der Waals surface area contributed by atoms with E-state index in [1.54, 1.807) is 24.1 Å². The minimum Gasteiger partial charge on any atom is -0.494 e. The number of aromatic nitrogens is 5. The van der Waals surface area contributed by atoms with Crippen LogP contribution < -0.4 is 25.6 Å². The van der Waals surface area contributed by atoms with E-state index >= 15 is 0 Å². The molecule has 3 N–H and O–H groups in total. The average molecular weight is 521 g/mol. The second kappa shape index (κ2) is 10.1. The van der Waals surface area contributed by atoms with Crippen LogP contribution in [0.5, 0.6) is 5.75 Å². The molecule has 3 aromatic rings. The number of nitrogens with one attached hydrogen (secondary N) is 3. The van der Waals surface area contributed by atoms with Crippen molar-refractivity contribution in [3.8, 4) is 17.1 Å². The van der Waals surface area contributed by atoms with Crippen LogP contribution in [0.1, 0.15) is 29.8 Å². The van der Waals surface area contributed by atoms with Crippen LogP contribution in [0.4, 0.5) is 22.9 Å². The summed E-state index contributed by atoms with van der Waals surface area (Å²) in [5, 5.41) is 18.4. The van der Waals surface area contributed by atoms with Crippen LogP contribution in [0.2, 0.25) is 0 Å². The number of aryl methyl sites for hydroxylation is 1. The molecule has 0 bridgehead atoms. The van der Waals surface area contributed by atoms with Gasteiger partial charge in [-0.1, -0.05) is 5.24 Å². The number of benzene rings is 1. The van der Waals surface area contributed by atoms with Gasteiger partial charge in [0.25, 0.3) is 5.91 Å². The summed E-state index contributed by atoms with van der Waals surface area (Å²) in [4.78, 5) is 43.5. The number of nitrogens with zero attached hydrogens (tertiary/aromatic N) is 6. The molecule has 192 valence electrons. The molecule has 2 fully saturated rings. The third-order valence-corrected chi connectivity index (χ3v) is 6.09. The number of carbonyl (C=O) groups is 3. The van der Waals surface area contributed by atoms with Gasteiger partial charge in [-0.2, -0.15) is 5.10 Å². The zero-order chi connectivity index (χ0) is 27.9. The number of carbonyl (C=O) groups excluding carboxylic acids is 3. The fourth-order valence-electron chi connectivity index (χ4n) is 3.99. The van der Waals surface area contributed by atoms with Crippen molar-refractivity contribution in [2.45, 2.75) is 24.5 Å². The standard InChI is InChI=1S/C23H22B3N9O4/c1-34-10-27-20(33-34)13-7-12(35-6-5-17(35)36)8-15(19(13)39-2)28-14-9-16(29-21(37)11-3-4-11)31-32-18(14)22(38)30-23(24,25)26/h7-11H,3-6H2,1-2H3,(H,30,38)(H2,28,29,31,37). The molecule has 2 aromatic heterocycles. The van der Waals surface area contributed by atoms with E-state index in [0.29, 0.717) is 41.5 Å². The van der Waals surface area contributed by atoms with Crippen LogP contribution in [0.15, 0.2) is 24.5 Å². The highest BCUT2D eigenvalue weighted by atomic mass is 16.5. The molecule has 1 aromatic carbocycles. The Hall–Kier alpha value is -4.36. The lowest BCUT2D eigenvalue weighted by atomic mass is 9.49. The number of ether oxygens (including phenoxy) is 1. The summed E-state index contributed by atoms with van der Waals surface area (Å²) >= 11 is 0. The molecule has 13 nitrogen and oxygen atoms in total. The van der Waals surface area contributed by atoms with Crippen molar-refractivity contribution < 1.29 is 19.1 Å². The van der Waals surface area contributed by atoms with E-state index in [1.165, 1.54) is 24.2 Å². The second-order valence-electron chi connectivity index (χ2n) is 9.38. The molecule has 1 saturated heterocycles. The molecule has 1 saturated carbocycles. The first-order chi connectivity index (χ1) is 18.5. The summed E-state index contributed by atoms with van der Waals surface area (Å²) in [6.45, 7) is 0.535. The number of hydrogen-bond acceptors (Lipinski definition) is 9. The summed E-state index contributed by atoms with van der Waals surface area (Å²) in [6, 6.07) is 4.88. The van der Waals surface area contributed by atoms with Gasteiger partial charge in [0.15, 0.2) is 23.1 Å². The Morgan fingerprint density at radius 1 is 1.13 bits per heavy atom. The SMILES string of the molecule is [B]C([B])([B])NC(=O)c1nnc(NC(=O)C2CC2)cc1Nc1cc(N2CCC2=O)cc(-c2ncn(C)n2)c1OC. The van der Waals surface area contributed by atoms with Gasteiger partial charge in [-0.3, -0.25) is 19.1 Å². The fraction of sp³-hybridized carbons (Fsp3) is 0.348. The normalized spacial score (nSPS) is 14.9. The quantitative estimate of drug-likeness (QED) is 0.260. The van der Waals surface area contributed by atoms with E-state index in [0.717, 1.165) is 12.8 Å². The zero-order valence-corrected chi connectivity index (χ0v) is 21.3. The number of methoxy groups -OCH3 is 1. The molecule has 6 radical (unpaired) electrons. The van der Waals surface area contributed by atoms with Gasteiger partial charge in [0.2, 0.25) is 11.8 Å². The van der Waals surface area contributed by atoms with E-state index < -0.39 is 11.1 Å². The van der Waals surface area contributed by atoms with E-state index in [4.69, 9.17) is 28.3 Å². The van der Waals surface area contributed by atoms with E-state index in [-0.39, 0.29) is 34.9 Å². The predicted molar refractivity (Wildman–Crippen MR) is 144 cm³/mol. The summed E-state index contributed by atoms with van der Waals surface area (Å²) in [5.74, 6) is -0.353. The topological polar surface area (TPSA) is 156 Å². The summed E-state index contributed by atoms with van der Waals surface area (Å²) in [5.41, 5.74) is 1.34. The molecule has 16 heteroatoms. The van der Waals surface area contributed by atoms with Gasteiger partial charge in [-0.15, -0.1) is 10.2 Å². The maximum absolute atomic E-state index is 13.0. The first-order valence-corrected chi connectivity index (χ1v) is 12.1. The highest BCUT2D eigenvalue weighted by molar-refractivity contribution is 6.60. The molecule has 3 amide bonds. The van der Waals surface area contributed by atoms with Gasteiger partial charge in [0.05, 0.1) is 47.6 Å². The van der Waals surface area contributed by atoms with Gasteiger partial charge in [-0.25, -0.2) is 4.98 Å². The maximum Gasteiger partial charge on any atom is 0.272 e. The molecule has 0 spiro atoms. The van der Waals surface area contributed by atoms with E-state index in [2.05, 4.69) is 36.2 Å². The lowest BCUT2D eigenvalue weighted by Gasteiger charge is -2.32. The molecule has 1 aliphatic heterocycles. The second-order valence-corrected chi connectivity index (χ2v) is 9.38. The Morgan fingerprint density at radius 2 is 1.90 bits per heavy atom. The van der Waals surface area contributed by atoms with Gasteiger partial charge in [0, 0.05) is 37.7 Å². The lowest BCUT2D eigenvalue weighted by molar-refractivity contribution is -0.122. The molecule has 1 aliphatic carbocycles. The van der Waals surface area contributed by atoms with Crippen LogP contribution in [-0.2, 0) is 16.6 Å². The van der Waals surface area contributed by atoms with E-state index in [1.807, 2.05) is 0 Å². The Kier molecular flexibility index (Phi) is 6.79. The zero-order valence-electron chi connectivity index (χ0n) is 21.3. The van der Waals surface area contributed by atoms with Crippen LogP contribution in [0, 0.1) is 5.92 Å². The molecule has 2 aliphatic rings. The molecular formula is C23H22B3N9O4. The van der Waals surface area contributed by atoms with Crippen molar-refractivity contribution >= 4 is 64.1 Å². The van der Waals surface area contributed by atoms with Gasteiger partial charge >= 0.3 is 0 Å². The van der Waals surface area contributed by atoms with Crippen molar-refractivity contribution in [1.82, 2.24) is 30.3 Å². The highest BCUT2D eigenvalue weighted by Gasteiger charge is 2.31. The van der Waals surface area contributed by atoms with Gasteiger partial charge in [0.1, 0.15) is 6.33 Å². The number of rotatable bonds is 9. The van der Waals surface area contributed by atoms with Gasteiger partial charge in [-0.05, 0) is 25.0 Å². The number of hydrogen-bond donors (Lipinski definition) is 3. The van der Waals surface area contributed by atoms with Crippen LogP contribution >= 0.6 is 0 Å². The average Bonchev–Trinajstić information content (AvgIpc) is 3.62. The summed E-state index contributed by atoms with van der Waals surface area (Å²) in [7, 11) is 19.9. The molecule has 5 rings (SSSR count).